The Labute approximate surface area is 195 Å². The minimum Gasteiger partial charge on any atom is -0.368 e. The first-order valence-electron chi connectivity index (χ1n) is 10.4. The van der Waals surface area contributed by atoms with Gasteiger partial charge in [0.15, 0.2) is 0 Å². The molecular weight excluding hydrogens is 463 g/mol. The Morgan fingerprint density at radius 3 is 2.21 bits per heavy atom. The van der Waals surface area contributed by atoms with E-state index >= 15 is 0 Å². The van der Waals surface area contributed by atoms with E-state index in [0.717, 1.165) is 17.8 Å². The van der Waals surface area contributed by atoms with E-state index in [1.807, 2.05) is 4.90 Å². The van der Waals surface area contributed by atoms with E-state index in [-0.39, 0.29) is 22.2 Å². The second-order valence-electron chi connectivity index (χ2n) is 7.69. The average Bonchev–Trinajstić information content (AvgIpc) is 2.85. The molecule has 0 aromatic heterocycles. The largest absolute Gasteiger partial charge is 0.368 e. The van der Waals surface area contributed by atoms with Crippen LogP contribution in [0.15, 0.2) is 77.7 Å². The van der Waals surface area contributed by atoms with E-state index in [4.69, 9.17) is 0 Å². The Bertz CT molecular complexity index is 1310. The lowest BCUT2D eigenvalue weighted by Crippen LogP contribution is -2.48. The number of carbonyl (C=O) groups excluding carboxylic acids is 1. The quantitative estimate of drug-likeness (QED) is 0.423. The topological polar surface area (TPSA) is 113 Å². The van der Waals surface area contributed by atoms with E-state index < -0.39 is 20.8 Å². The number of nitrogens with one attached hydrogen (secondary N) is 1. The van der Waals surface area contributed by atoms with Crippen LogP contribution in [0.5, 0.6) is 0 Å². The number of rotatable bonds is 6. The van der Waals surface area contributed by atoms with Crippen molar-refractivity contribution < 1.29 is 22.5 Å². The van der Waals surface area contributed by atoms with E-state index in [0.29, 0.717) is 31.7 Å². The lowest BCUT2D eigenvalue weighted by molar-refractivity contribution is -0.384. The van der Waals surface area contributed by atoms with Crippen LogP contribution in [0, 0.1) is 15.9 Å². The molecule has 0 bridgehead atoms. The Kier molecular flexibility index (Phi) is 6.46. The lowest BCUT2D eigenvalue weighted by Gasteiger charge is -2.36. The molecule has 0 aliphatic carbocycles. The number of hydrogen-bond donors (Lipinski definition) is 1. The number of carbonyl (C=O) groups is 1. The third-order valence-electron chi connectivity index (χ3n) is 5.48. The summed E-state index contributed by atoms with van der Waals surface area (Å²) in [5.74, 6) is -0.703. The van der Waals surface area contributed by atoms with Gasteiger partial charge in [0, 0.05) is 55.2 Å². The van der Waals surface area contributed by atoms with Gasteiger partial charge in [-0.05, 0) is 54.6 Å². The molecule has 11 heteroatoms. The van der Waals surface area contributed by atoms with Gasteiger partial charge in [0.25, 0.3) is 21.6 Å². The second kappa shape index (κ2) is 9.48. The van der Waals surface area contributed by atoms with Crippen LogP contribution in [0.4, 0.5) is 21.5 Å². The summed E-state index contributed by atoms with van der Waals surface area (Å²) in [6.45, 7) is 1.88. The van der Waals surface area contributed by atoms with Crippen LogP contribution in [0.2, 0.25) is 0 Å². The highest BCUT2D eigenvalue weighted by Gasteiger charge is 2.24. The van der Waals surface area contributed by atoms with Crippen LogP contribution >= 0.6 is 0 Å². The number of anilines is 2. The van der Waals surface area contributed by atoms with Gasteiger partial charge >= 0.3 is 0 Å². The number of amides is 1. The summed E-state index contributed by atoms with van der Waals surface area (Å²) in [5.41, 5.74) is 1.32. The summed E-state index contributed by atoms with van der Waals surface area (Å²) in [6.07, 6.45) is 0. The summed E-state index contributed by atoms with van der Waals surface area (Å²) in [5, 5.41) is 11.0. The molecule has 1 saturated heterocycles. The monoisotopic (exact) mass is 484 g/mol. The van der Waals surface area contributed by atoms with Gasteiger partial charge in [0.2, 0.25) is 0 Å². The summed E-state index contributed by atoms with van der Waals surface area (Å²) in [4.78, 5) is 27.1. The predicted molar refractivity (Wildman–Crippen MR) is 125 cm³/mol. The van der Waals surface area contributed by atoms with E-state index in [1.54, 1.807) is 17.0 Å². The minimum atomic E-state index is -3.89. The summed E-state index contributed by atoms with van der Waals surface area (Å²) >= 11 is 0. The molecule has 0 spiro atoms. The molecule has 0 saturated carbocycles. The zero-order chi connectivity index (χ0) is 24.3. The normalized spacial score (nSPS) is 14.0. The van der Waals surface area contributed by atoms with Gasteiger partial charge < -0.3 is 9.80 Å². The van der Waals surface area contributed by atoms with Crippen molar-refractivity contribution in [3.05, 3.63) is 94.3 Å². The standard InChI is InChI=1S/C23H21FN4O5S/c24-18-6-8-19(9-7-18)25-34(32,33)22-10-4-17(5-11-22)23(29)27-14-12-26(13-15-27)20-2-1-3-21(16-20)28(30)31/h1-11,16,25H,12-15H2. The van der Waals surface area contributed by atoms with Crippen LogP contribution < -0.4 is 9.62 Å². The van der Waals surface area contributed by atoms with E-state index in [2.05, 4.69) is 4.72 Å². The number of nitro benzene ring substituents is 1. The van der Waals surface area contributed by atoms with Crippen LogP contribution in [0.1, 0.15) is 10.4 Å². The molecule has 1 N–H and O–H groups in total. The van der Waals surface area contributed by atoms with Gasteiger partial charge in [0.1, 0.15) is 5.82 Å². The third kappa shape index (κ3) is 5.15. The van der Waals surface area contributed by atoms with Crippen molar-refractivity contribution in [2.75, 3.05) is 35.8 Å². The number of benzene rings is 3. The van der Waals surface area contributed by atoms with Crippen LogP contribution in [0.3, 0.4) is 0 Å². The maximum absolute atomic E-state index is 13.0. The zero-order valence-electron chi connectivity index (χ0n) is 17.9. The van der Waals surface area contributed by atoms with Gasteiger partial charge in [-0.3, -0.25) is 19.6 Å². The van der Waals surface area contributed by atoms with Gasteiger partial charge in [-0.15, -0.1) is 0 Å². The summed E-state index contributed by atoms with van der Waals surface area (Å²) in [7, 11) is -3.89. The van der Waals surface area contributed by atoms with Gasteiger partial charge in [-0.2, -0.15) is 0 Å². The first-order valence-corrected chi connectivity index (χ1v) is 11.9. The highest BCUT2D eigenvalue weighted by Crippen LogP contribution is 2.23. The zero-order valence-corrected chi connectivity index (χ0v) is 18.7. The van der Waals surface area contributed by atoms with Crippen molar-refractivity contribution in [3.8, 4) is 0 Å². The number of nitro groups is 1. The first kappa shape index (κ1) is 23.2. The smallest absolute Gasteiger partial charge is 0.271 e. The van der Waals surface area contributed by atoms with Gasteiger partial charge in [0.05, 0.1) is 9.82 Å². The number of sulfonamides is 1. The maximum atomic E-state index is 13.0. The van der Waals surface area contributed by atoms with E-state index in [9.17, 15) is 27.7 Å². The fourth-order valence-electron chi connectivity index (χ4n) is 3.66. The molecule has 176 valence electrons. The molecule has 1 aliphatic heterocycles. The van der Waals surface area contributed by atoms with Crippen molar-refractivity contribution in [3.63, 3.8) is 0 Å². The molecule has 9 nitrogen and oxygen atoms in total. The predicted octanol–water partition coefficient (Wildman–Crippen LogP) is 3.50. The molecule has 0 atom stereocenters. The van der Waals surface area contributed by atoms with Gasteiger partial charge in [-0.1, -0.05) is 6.07 Å². The lowest BCUT2D eigenvalue weighted by atomic mass is 10.1. The molecule has 0 unspecified atom stereocenters. The molecule has 1 fully saturated rings. The number of halogens is 1. The first-order chi connectivity index (χ1) is 16.2. The SMILES string of the molecule is O=C(c1ccc(S(=O)(=O)Nc2ccc(F)cc2)cc1)N1CCN(c2cccc([N+](=O)[O-])c2)CC1. The van der Waals surface area contributed by atoms with E-state index in [1.165, 1.54) is 48.5 Å². The van der Waals surface area contributed by atoms with Crippen LogP contribution in [-0.4, -0.2) is 50.3 Å². The van der Waals surface area contributed by atoms with Gasteiger partial charge in [-0.25, -0.2) is 12.8 Å². The molecule has 34 heavy (non-hydrogen) atoms. The highest BCUT2D eigenvalue weighted by atomic mass is 32.2. The number of non-ortho nitro benzene ring substituents is 1. The van der Waals surface area contributed by atoms with Crippen molar-refractivity contribution in [2.45, 2.75) is 4.90 Å². The van der Waals surface area contributed by atoms with Crippen molar-refractivity contribution in [2.24, 2.45) is 0 Å². The maximum Gasteiger partial charge on any atom is 0.271 e. The third-order valence-corrected chi connectivity index (χ3v) is 6.88. The second-order valence-corrected chi connectivity index (χ2v) is 9.38. The number of piperazine rings is 1. The van der Waals surface area contributed by atoms with Crippen molar-refractivity contribution in [1.29, 1.82) is 0 Å². The molecule has 1 aliphatic rings. The molecule has 0 radical (unpaired) electrons. The minimum absolute atomic E-state index is 0.0139. The Hall–Kier alpha value is -3.99. The van der Waals surface area contributed by atoms with Crippen molar-refractivity contribution >= 4 is 33.0 Å². The summed E-state index contributed by atoms with van der Waals surface area (Å²) in [6, 6.07) is 16.9. The average molecular weight is 485 g/mol. The molecule has 3 aromatic carbocycles. The van der Waals surface area contributed by atoms with Crippen molar-refractivity contribution in [1.82, 2.24) is 4.90 Å². The van der Waals surface area contributed by atoms with Crippen LogP contribution in [0.25, 0.3) is 0 Å². The highest BCUT2D eigenvalue weighted by molar-refractivity contribution is 7.92. The summed E-state index contributed by atoms with van der Waals surface area (Å²) < 4.78 is 40.5. The Morgan fingerprint density at radius 1 is 0.941 bits per heavy atom. The van der Waals surface area contributed by atoms with Crippen LogP contribution in [-0.2, 0) is 10.0 Å². The Balaban J connectivity index is 1.39. The number of nitrogens with zero attached hydrogens (tertiary/aromatic N) is 3. The molecular formula is C23H21FN4O5S. The fourth-order valence-corrected chi connectivity index (χ4v) is 4.72. The number of hydrogen-bond acceptors (Lipinski definition) is 6. The molecule has 1 amide bonds. The Morgan fingerprint density at radius 2 is 1.59 bits per heavy atom. The molecule has 1 heterocycles. The molecule has 4 rings (SSSR count). The molecule has 3 aromatic rings. The fraction of sp³-hybridized carbons (Fsp3) is 0.174.